The number of rotatable bonds is 6. The fraction of sp³-hybridized carbons (Fsp3) is 0.368. The minimum absolute atomic E-state index is 0.838. The summed E-state index contributed by atoms with van der Waals surface area (Å²) in [6.45, 7) is 0.894. The molecular weight excluding hydrogens is 274 g/mol. The Labute approximate surface area is 133 Å². The summed E-state index contributed by atoms with van der Waals surface area (Å²) in [5, 5.41) is 0. The molecule has 0 unspecified atom stereocenters. The molecule has 2 rings (SSSR count). The number of hydrogen-bond acceptors (Lipinski definition) is 2. The van der Waals surface area contributed by atoms with Gasteiger partial charge in [-0.2, -0.15) is 0 Å². The van der Waals surface area contributed by atoms with Gasteiger partial charge < -0.3 is 14.0 Å². The smallest absolute Gasteiger partial charge is 0.128 e. The van der Waals surface area contributed by atoms with Gasteiger partial charge in [0.25, 0.3) is 0 Å². The van der Waals surface area contributed by atoms with Crippen LogP contribution in [-0.4, -0.2) is 39.8 Å². The van der Waals surface area contributed by atoms with E-state index in [0.29, 0.717) is 0 Å². The molecule has 0 amide bonds. The second kappa shape index (κ2) is 6.84. The van der Waals surface area contributed by atoms with E-state index in [9.17, 15) is 0 Å². The van der Waals surface area contributed by atoms with Gasteiger partial charge in [0.15, 0.2) is 0 Å². The van der Waals surface area contributed by atoms with Crippen LogP contribution in [0.2, 0.25) is 0 Å². The number of quaternary nitrogens is 1. The Morgan fingerprint density at radius 3 is 1.91 bits per heavy atom. The van der Waals surface area contributed by atoms with Gasteiger partial charge in [0, 0.05) is 12.0 Å². The van der Waals surface area contributed by atoms with Gasteiger partial charge in [0.1, 0.15) is 18.0 Å². The zero-order valence-electron chi connectivity index (χ0n) is 14.2. The highest BCUT2D eigenvalue weighted by Gasteiger charge is 2.17. The van der Waals surface area contributed by atoms with Crippen molar-refractivity contribution in [2.75, 3.05) is 35.4 Å². The summed E-state index contributed by atoms with van der Waals surface area (Å²) in [5.74, 6) is 1.85. The van der Waals surface area contributed by atoms with Gasteiger partial charge in [-0.05, 0) is 17.7 Å². The molecule has 0 atom stereocenters. The van der Waals surface area contributed by atoms with Crippen LogP contribution < -0.4 is 9.47 Å². The highest BCUT2D eigenvalue weighted by atomic mass is 16.5. The van der Waals surface area contributed by atoms with Gasteiger partial charge in [-0.1, -0.05) is 30.3 Å². The molecule has 3 nitrogen and oxygen atoms in total. The van der Waals surface area contributed by atoms with E-state index in [0.717, 1.165) is 34.5 Å². The van der Waals surface area contributed by atoms with Crippen LogP contribution in [0.3, 0.4) is 0 Å². The molecule has 0 heterocycles. The number of nitrogens with zero attached hydrogens (tertiary/aromatic N) is 1. The van der Waals surface area contributed by atoms with E-state index in [1.54, 1.807) is 14.2 Å². The first-order valence-electron chi connectivity index (χ1n) is 7.51. The van der Waals surface area contributed by atoms with Crippen LogP contribution in [0.1, 0.15) is 16.7 Å². The Morgan fingerprint density at radius 1 is 0.818 bits per heavy atom. The second-order valence-electron chi connectivity index (χ2n) is 6.59. The summed E-state index contributed by atoms with van der Waals surface area (Å²) in [5.41, 5.74) is 3.58. The summed E-state index contributed by atoms with van der Waals surface area (Å²) >= 11 is 0. The predicted molar refractivity (Wildman–Crippen MR) is 90.5 cm³/mol. The minimum Gasteiger partial charge on any atom is -0.496 e. The maximum atomic E-state index is 5.61. The summed E-state index contributed by atoms with van der Waals surface area (Å²) in [7, 11) is 9.97. The van der Waals surface area contributed by atoms with Crippen molar-refractivity contribution in [1.29, 1.82) is 0 Å². The van der Waals surface area contributed by atoms with Gasteiger partial charge in [0.2, 0.25) is 0 Å². The average Bonchev–Trinajstić information content (AvgIpc) is 2.48. The van der Waals surface area contributed by atoms with Gasteiger partial charge in [-0.15, -0.1) is 0 Å². The fourth-order valence-corrected chi connectivity index (χ4v) is 2.61. The number of methoxy groups -OCH3 is 2. The largest absolute Gasteiger partial charge is 0.496 e. The van der Waals surface area contributed by atoms with Crippen molar-refractivity contribution >= 4 is 0 Å². The molecule has 0 saturated carbocycles. The predicted octanol–water partition coefficient (Wildman–Crippen LogP) is 3.50. The third-order valence-corrected chi connectivity index (χ3v) is 3.57. The molecule has 0 aliphatic carbocycles. The van der Waals surface area contributed by atoms with Crippen molar-refractivity contribution in [2.24, 2.45) is 0 Å². The second-order valence-corrected chi connectivity index (χ2v) is 6.59. The molecule has 2 aromatic carbocycles. The summed E-state index contributed by atoms with van der Waals surface area (Å²) in [6.07, 6.45) is 0.838. The average molecular weight is 300 g/mol. The third kappa shape index (κ3) is 4.25. The first-order valence-corrected chi connectivity index (χ1v) is 7.51. The van der Waals surface area contributed by atoms with Crippen molar-refractivity contribution < 1.29 is 14.0 Å². The Morgan fingerprint density at radius 2 is 1.36 bits per heavy atom. The molecule has 3 heteroatoms. The molecule has 0 aromatic heterocycles. The van der Waals surface area contributed by atoms with Crippen LogP contribution >= 0.6 is 0 Å². The molecule has 0 aliphatic heterocycles. The lowest BCUT2D eigenvalue weighted by Gasteiger charge is -2.25. The lowest BCUT2D eigenvalue weighted by atomic mass is 10.0. The highest BCUT2D eigenvalue weighted by molar-refractivity contribution is 5.48. The quantitative estimate of drug-likeness (QED) is 0.760. The van der Waals surface area contributed by atoms with Crippen LogP contribution in [0.5, 0.6) is 11.5 Å². The van der Waals surface area contributed by atoms with Crippen molar-refractivity contribution in [2.45, 2.75) is 13.0 Å². The van der Waals surface area contributed by atoms with Crippen LogP contribution in [-0.2, 0) is 13.0 Å². The molecule has 0 radical (unpaired) electrons. The molecule has 22 heavy (non-hydrogen) atoms. The molecule has 118 valence electrons. The summed E-state index contributed by atoms with van der Waals surface area (Å²) in [4.78, 5) is 0. The minimum atomic E-state index is 0.838. The van der Waals surface area contributed by atoms with E-state index in [-0.39, 0.29) is 0 Å². The monoisotopic (exact) mass is 300 g/mol. The van der Waals surface area contributed by atoms with Crippen molar-refractivity contribution in [1.82, 2.24) is 0 Å². The lowest BCUT2D eigenvalue weighted by Crippen LogP contribution is -2.33. The molecule has 0 spiro atoms. The topological polar surface area (TPSA) is 18.5 Å². The summed E-state index contributed by atoms with van der Waals surface area (Å²) < 4.78 is 12.1. The molecule has 0 bridgehead atoms. The van der Waals surface area contributed by atoms with Crippen LogP contribution in [0.25, 0.3) is 0 Å². The highest BCUT2D eigenvalue weighted by Crippen LogP contribution is 2.31. The molecule has 0 saturated heterocycles. The zero-order valence-corrected chi connectivity index (χ0v) is 14.2. The lowest BCUT2D eigenvalue weighted by molar-refractivity contribution is -0.884. The van der Waals surface area contributed by atoms with Crippen molar-refractivity contribution in [3.8, 4) is 11.5 Å². The van der Waals surface area contributed by atoms with Gasteiger partial charge in [0.05, 0.1) is 40.9 Å². The van der Waals surface area contributed by atoms with E-state index in [1.165, 1.54) is 11.1 Å². The molecular formula is C19H26NO2+. The molecule has 2 aromatic rings. The first-order chi connectivity index (χ1) is 10.4. The first kappa shape index (κ1) is 16.4. The fourth-order valence-electron chi connectivity index (χ4n) is 2.61. The standard InChI is InChI=1S/C19H26NO2/c1-20(2,3)14-17-13-18(21-4)16(12-19(17)22-5)11-15-9-7-6-8-10-15/h6-10,12-13H,11,14H2,1-5H3/q+1. The summed E-state index contributed by atoms with van der Waals surface area (Å²) in [6, 6.07) is 14.6. The van der Waals surface area contributed by atoms with E-state index < -0.39 is 0 Å². The van der Waals surface area contributed by atoms with Crippen LogP contribution in [0.15, 0.2) is 42.5 Å². The van der Waals surface area contributed by atoms with E-state index >= 15 is 0 Å². The molecule has 0 N–H and O–H groups in total. The van der Waals surface area contributed by atoms with Gasteiger partial charge in [-0.3, -0.25) is 0 Å². The maximum absolute atomic E-state index is 5.61. The van der Waals surface area contributed by atoms with E-state index in [1.807, 2.05) is 6.07 Å². The number of ether oxygens (including phenoxy) is 2. The van der Waals surface area contributed by atoms with Gasteiger partial charge in [-0.25, -0.2) is 0 Å². The Bertz CT molecular complexity index is 615. The van der Waals surface area contributed by atoms with E-state index in [4.69, 9.17) is 9.47 Å². The number of hydrogen-bond donors (Lipinski definition) is 0. The normalized spacial score (nSPS) is 11.3. The van der Waals surface area contributed by atoms with E-state index in [2.05, 4.69) is 57.5 Å². The Kier molecular flexibility index (Phi) is 5.09. The number of benzene rings is 2. The third-order valence-electron chi connectivity index (χ3n) is 3.57. The maximum Gasteiger partial charge on any atom is 0.128 e. The Balaban J connectivity index is 2.38. The van der Waals surface area contributed by atoms with Gasteiger partial charge >= 0.3 is 0 Å². The van der Waals surface area contributed by atoms with Crippen LogP contribution in [0, 0.1) is 0 Å². The molecule has 0 aliphatic rings. The SMILES string of the molecule is COc1cc(C[N+](C)(C)C)c(OC)cc1Cc1ccccc1. The molecule has 0 fully saturated rings. The zero-order chi connectivity index (χ0) is 16.2. The van der Waals surface area contributed by atoms with Crippen LogP contribution in [0.4, 0.5) is 0 Å². The van der Waals surface area contributed by atoms with Crippen molar-refractivity contribution in [3.05, 3.63) is 59.2 Å². The van der Waals surface area contributed by atoms with Crippen molar-refractivity contribution in [3.63, 3.8) is 0 Å². The Hall–Kier alpha value is -2.00.